The molecule has 0 unspecified atom stereocenters. The number of carboxylic acid groups (broad SMARTS) is 1. The normalized spacial score (nSPS) is 31.3. The summed E-state index contributed by atoms with van der Waals surface area (Å²) in [4.78, 5) is 37.4. The van der Waals surface area contributed by atoms with Gasteiger partial charge in [0.15, 0.2) is 0 Å². The lowest BCUT2D eigenvalue weighted by Gasteiger charge is -2.29. The summed E-state index contributed by atoms with van der Waals surface area (Å²) in [6.07, 6.45) is 1.22. The number of hydrogen-bond donors (Lipinski definition) is 0. The Morgan fingerprint density at radius 2 is 1.45 bits per heavy atom. The van der Waals surface area contributed by atoms with E-state index in [9.17, 15) is 19.5 Å². The van der Waals surface area contributed by atoms with Crippen molar-refractivity contribution in [3.8, 4) is 0 Å². The van der Waals surface area contributed by atoms with Gasteiger partial charge in [-0.25, -0.2) is 0 Å². The minimum absolute atomic E-state index is 0.0151. The van der Waals surface area contributed by atoms with Gasteiger partial charge in [-0.3, -0.25) is 14.5 Å². The number of rotatable bonds is 2. The van der Waals surface area contributed by atoms with Crippen LogP contribution < -0.4 is 10.0 Å². The molecule has 1 aliphatic heterocycles. The molecule has 5 nitrogen and oxygen atoms in total. The van der Waals surface area contributed by atoms with Crippen LogP contribution >= 0.6 is 31.9 Å². The quantitative estimate of drug-likeness (QED) is 0.527. The van der Waals surface area contributed by atoms with Crippen molar-refractivity contribution in [2.45, 2.75) is 22.5 Å². The van der Waals surface area contributed by atoms with Crippen LogP contribution in [0.1, 0.15) is 23.2 Å². The number of alkyl halides is 2. The van der Waals surface area contributed by atoms with Gasteiger partial charge in [-0.15, -0.1) is 0 Å². The molecule has 2 aliphatic rings. The number of fused-ring (bicyclic) bond motifs is 1. The molecule has 4 atom stereocenters. The number of amides is 2. The summed E-state index contributed by atoms with van der Waals surface area (Å²) < 4.78 is 0. The van der Waals surface area contributed by atoms with E-state index < -0.39 is 5.97 Å². The highest BCUT2D eigenvalue weighted by Crippen LogP contribution is 2.44. The van der Waals surface area contributed by atoms with E-state index in [1.54, 1.807) is 0 Å². The molecule has 2 amide bonds. The highest BCUT2D eigenvalue weighted by atomic mass is 79.9. The van der Waals surface area contributed by atoms with Crippen molar-refractivity contribution in [1.82, 2.24) is 0 Å². The van der Waals surface area contributed by atoms with E-state index in [0.29, 0.717) is 18.5 Å². The van der Waals surface area contributed by atoms with Crippen molar-refractivity contribution >= 4 is 55.3 Å². The summed E-state index contributed by atoms with van der Waals surface area (Å²) in [6, 6.07) is 5.62. The largest absolute Gasteiger partial charge is 0.545 e. The lowest BCUT2D eigenvalue weighted by atomic mass is 9.81. The average Bonchev–Trinajstić information content (AvgIpc) is 2.72. The van der Waals surface area contributed by atoms with Crippen LogP contribution in [-0.4, -0.2) is 27.4 Å². The van der Waals surface area contributed by atoms with Crippen molar-refractivity contribution in [1.29, 1.82) is 0 Å². The molecule has 116 valence electrons. The molecule has 2 fully saturated rings. The fourth-order valence-electron chi connectivity index (χ4n) is 3.10. The Bertz CT molecular complexity index is 617. The third-order valence-corrected chi connectivity index (χ3v) is 7.01. The topological polar surface area (TPSA) is 77.5 Å². The maximum absolute atomic E-state index is 12.6. The van der Waals surface area contributed by atoms with Gasteiger partial charge in [0.05, 0.1) is 23.5 Å². The summed E-state index contributed by atoms with van der Waals surface area (Å²) in [5.41, 5.74) is 0.424. The maximum Gasteiger partial charge on any atom is 0.237 e. The molecule has 7 heteroatoms. The first-order valence-corrected chi connectivity index (χ1v) is 8.70. The van der Waals surface area contributed by atoms with Crippen LogP contribution in [0.3, 0.4) is 0 Å². The molecule has 0 N–H and O–H groups in total. The van der Waals surface area contributed by atoms with E-state index >= 15 is 0 Å². The second-order valence-electron chi connectivity index (χ2n) is 5.56. The second kappa shape index (κ2) is 5.77. The van der Waals surface area contributed by atoms with Crippen LogP contribution in [0.2, 0.25) is 0 Å². The smallest absolute Gasteiger partial charge is 0.237 e. The summed E-state index contributed by atoms with van der Waals surface area (Å²) in [6.45, 7) is 0. The summed E-state index contributed by atoms with van der Waals surface area (Å²) in [5.74, 6) is -2.33. The van der Waals surface area contributed by atoms with Crippen LogP contribution in [0.4, 0.5) is 5.69 Å². The number of carbonyl (C=O) groups is 3. The fraction of sp³-hybridized carbons (Fsp3) is 0.400. The molecular weight excluding hydrogens is 418 g/mol. The Morgan fingerprint density at radius 1 is 1.00 bits per heavy atom. The zero-order valence-electron chi connectivity index (χ0n) is 11.4. The van der Waals surface area contributed by atoms with Gasteiger partial charge in [0, 0.05) is 9.65 Å². The molecular formula is C15H12Br2NO4-. The van der Waals surface area contributed by atoms with E-state index in [1.165, 1.54) is 29.2 Å². The van der Waals surface area contributed by atoms with E-state index in [-0.39, 0.29) is 38.9 Å². The van der Waals surface area contributed by atoms with Crippen LogP contribution in [0, 0.1) is 11.8 Å². The lowest BCUT2D eigenvalue weighted by Crippen LogP contribution is -2.34. The van der Waals surface area contributed by atoms with Crippen molar-refractivity contribution in [2.75, 3.05) is 4.90 Å². The molecule has 1 heterocycles. The number of nitrogens with zero attached hydrogens (tertiary/aromatic N) is 1. The predicted molar refractivity (Wildman–Crippen MR) is 84.9 cm³/mol. The third-order valence-electron chi connectivity index (χ3n) is 4.27. The zero-order valence-corrected chi connectivity index (χ0v) is 14.5. The molecule has 0 bridgehead atoms. The molecule has 1 aromatic rings. The number of imide groups is 1. The van der Waals surface area contributed by atoms with Gasteiger partial charge >= 0.3 is 0 Å². The van der Waals surface area contributed by atoms with Gasteiger partial charge in [-0.05, 0) is 30.5 Å². The molecule has 0 spiro atoms. The summed E-state index contributed by atoms with van der Waals surface area (Å²) in [7, 11) is 0. The van der Waals surface area contributed by atoms with Crippen LogP contribution in [0.5, 0.6) is 0 Å². The number of carboxylic acids is 1. The first-order valence-electron chi connectivity index (χ1n) is 6.87. The van der Waals surface area contributed by atoms with Crippen molar-refractivity contribution < 1.29 is 19.5 Å². The zero-order chi connectivity index (χ0) is 16.0. The highest BCUT2D eigenvalue weighted by molar-refractivity contribution is 9.12. The summed E-state index contributed by atoms with van der Waals surface area (Å²) in [5, 5.41) is 10.8. The SMILES string of the molecule is O=C([O-])c1ccc(N2C(=O)[C@H]3C[C@@H](Br)[C@@H](Br)C[C@H]3C2=O)cc1. The van der Waals surface area contributed by atoms with E-state index in [2.05, 4.69) is 31.9 Å². The van der Waals surface area contributed by atoms with Crippen molar-refractivity contribution in [3.63, 3.8) is 0 Å². The molecule has 1 saturated heterocycles. The van der Waals surface area contributed by atoms with Gasteiger partial charge in [-0.1, -0.05) is 44.0 Å². The first kappa shape index (κ1) is 15.7. The van der Waals surface area contributed by atoms with Crippen LogP contribution in [0.15, 0.2) is 24.3 Å². The molecule has 1 aromatic carbocycles. The standard InChI is InChI=1S/C15H13Br2NO4/c16-11-5-9-10(6-12(11)17)14(20)18(13(9)19)8-3-1-7(2-4-8)15(21)22/h1-4,9-12H,5-6H2,(H,21,22)/p-1/t9-,10+,11+,12-. The number of anilines is 1. The molecule has 1 saturated carbocycles. The summed E-state index contributed by atoms with van der Waals surface area (Å²) >= 11 is 7.08. The fourth-order valence-corrected chi connectivity index (χ4v) is 4.33. The Balaban J connectivity index is 1.90. The number of hydrogen-bond acceptors (Lipinski definition) is 4. The van der Waals surface area contributed by atoms with Gasteiger partial charge in [-0.2, -0.15) is 0 Å². The van der Waals surface area contributed by atoms with E-state index in [0.717, 1.165) is 0 Å². The molecule has 1 aliphatic carbocycles. The Morgan fingerprint density at radius 3 is 1.86 bits per heavy atom. The van der Waals surface area contributed by atoms with E-state index in [1.807, 2.05) is 0 Å². The van der Waals surface area contributed by atoms with Crippen LogP contribution in [-0.2, 0) is 9.59 Å². The Labute approximate surface area is 143 Å². The predicted octanol–water partition coefficient (Wildman–Crippen LogP) is 1.48. The first-order chi connectivity index (χ1) is 10.4. The van der Waals surface area contributed by atoms with E-state index in [4.69, 9.17) is 0 Å². The number of benzene rings is 1. The molecule has 0 radical (unpaired) electrons. The highest BCUT2D eigenvalue weighted by Gasteiger charge is 2.52. The van der Waals surface area contributed by atoms with Crippen molar-refractivity contribution in [2.24, 2.45) is 11.8 Å². The molecule has 3 rings (SSSR count). The van der Waals surface area contributed by atoms with Crippen molar-refractivity contribution in [3.05, 3.63) is 29.8 Å². The average molecular weight is 430 g/mol. The van der Waals surface area contributed by atoms with Gasteiger partial charge in [0.25, 0.3) is 0 Å². The Kier molecular flexibility index (Phi) is 4.11. The minimum atomic E-state index is -1.29. The van der Waals surface area contributed by atoms with Gasteiger partial charge < -0.3 is 9.90 Å². The lowest BCUT2D eigenvalue weighted by molar-refractivity contribution is -0.255. The second-order valence-corrected chi connectivity index (χ2v) is 7.91. The molecule has 0 aromatic heterocycles. The number of carbonyl (C=O) groups excluding carboxylic acids is 3. The van der Waals surface area contributed by atoms with Gasteiger partial charge in [0.2, 0.25) is 11.8 Å². The monoisotopic (exact) mass is 428 g/mol. The Hall–Kier alpha value is -1.21. The minimum Gasteiger partial charge on any atom is -0.545 e. The number of halogens is 2. The third kappa shape index (κ3) is 2.50. The molecule has 22 heavy (non-hydrogen) atoms. The maximum atomic E-state index is 12.6. The number of aromatic carboxylic acids is 1. The van der Waals surface area contributed by atoms with Crippen LogP contribution in [0.25, 0.3) is 0 Å². The van der Waals surface area contributed by atoms with Gasteiger partial charge in [0.1, 0.15) is 0 Å².